The summed E-state index contributed by atoms with van der Waals surface area (Å²) in [4.78, 5) is 35.4. The van der Waals surface area contributed by atoms with E-state index in [0.29, 0.717) is 22.1 Å². The Morgan fingerprint density at radius 2 is 1.54 bits per heavy atom. The van der Waals surface area contributed by atoms with Crippen LogP contribution < -0.4 is 16.2 Å². The Kier molecular flexibility index (Phi) is 5.86. The van der Waals surface area contributed by atoms with Crippen LogP contribution in [0.1, 0.15) is 6.92 Å². The lowest BCUT2D eigenvalue weighted by Gasteiger charge is -2.09. The molecule has 0 saturated heterocycles. The Hall–Kier alpha value is -3.45. The van der Waals surface area contributed by atoms with Gasteiger partial charge in [-0.3, -0.25) is 14.4 Å². The number of nitrogens with zero attached hydrogens (tertiary/aromatic N) is 2. The standard InChI is InChI=1S/C20H17ClN4O3/c1-13(26)22-16-6-8-17(9-7-16)23-19(27)12-25-20(28)11-10-18(24-25)14-2-4-15(21)5-3-14/h2-11H,12H2,1H3,(H,22,26)(H,23,27). The molecule has 0 fully saturated rings. The summed E-state index contributed by atoms with van der Waals surface area (Å²) in [5.74, 6) is -0.571. The van der Waals surface area contributed by atoms with Gasteiger partial charge in [0, 0.05) is 35.0 Å². The first-order valence-electron chi connectivity index (χ1n) is 8.42. The third-order valence-corrected chi connectivity index (χ3v) is 4.04. The first kappa shape index (κ1) is 19.3. The fourth-order valence-electron chi connectivity index (χ4n) is 2.51. The maximum Gasteiger partial charge on any atom is 0.267 e. The summed E-state index contributed by atoms with van der Waals surface area (Å²) >= 11 is 5.89. The Balaban J connectivity index is 1.71. The van der Waals surface area contributed by atoms with Crippen LogP contribution in [0.5, 0.6) is 0 Å². The topological polar surface area (TPSA) is 93.1 Å². The zero-order chi connectivity index (χ0) is 20.1. The molecule has 142 valence electrons. The van der Waals surface area contributed by atoms with E-state index in [-0.39, 0.29) is 18.0 Å². The Bertz CT molecular complexity index is 1060. The summed E-state index contributed by atoms with van der Waals surface area (Å²) in [6.45, 7) is 1.19. The van der Waals surface area contributed by atoms with Gasteiger partial charge in [0.1, 0.15) is 6.54 Å². The molecule has 8 heteroatoms. The highest BCUT2D eigenvalue weighted by molar-refractivity contribution is 6.30. The average molecular weight is 397 g/mol. The number of halogens is 1. The van der Waals surface area contributed by atoms with Gasteiger partial charge in [0.05, 0.1) is 5.69 Å². The number of carbonyl (C=O) groups is 2. The van der Waals surface area contributed by atoms with E-state index in [1.165, 1.54) is 13.0 Å². The fourth-order valence-corrected chi connectivity index (χ4v) is 2.64. The van der Waals surface area contributed by atoms with Crippen molar-refractivity contribution in [3.63, 3.8) is 0 Å². The molecule has 1 heterocycles. The number of hydrogen-bond donors (Lipinski definition) is 2. The lowest BCUT2D eigenvalue weighted by molar-refractivity contribution is -0.117. The number of hydrogen-bond acceptors (Lipinski definition) is 4. The summed E-state index contributed by atoms with van der Waals surface area (Å²) < 4.78 is 1.10. The van der Waals surface area contributed by atoms with Crippen LogP contribution in [-0.4, -0.2) is 21.6 Å². The van der Waals surface area contributed by atoms with Crippen molar-refractivity contribution in [3.8, 4) is 11.3 Å². The zero-order valence-corrected chi connectivity index (χ0v) is 15.7. The molecule has 0 aliphatic carbocycles. The van der Waals surface area contributed by atoms with Gasteiger partial charge < -0.3 is 10.6 Å². The van der Waals surface area contributed by atoms with E-state index >= 15 is 0 Å². The second kappa shape index (κ2) is 8.49. The van der Waals surface area contributed by atoms with Crippen molar-refractivity contribution >= 4 is 34.8 Å². The Morgan fingerprint density at radius 3 is 2.14 bits per heavy atom. The van der Waals surface area contributed by atoms with Crippen molar-refractivity contribution in [1.82, 2.24) is 9.78 Å². The molecule has 0 spiro atoms. The molecular formula is C20H17ClN4O3. The normalized spacial score (nSPS) is 10.4. The first-order chi connectivity index (χ1) is 13.4. The largest absolute Gasteiger partial charge is 0.326 e. The number of rotatable bonds is 5. The second-order valence-corrected chi connectivity index (χ2v) is 6.46. The maximum atomic E-state index is 12.3. The van der Waals surface area contributed by atoms with Crippen molar-refractivity contribution in [2.45, 2.75) is 13.5 Å². The molecular weight excluding hydrogens is 380 g/mol. The predicted octanol–water partition coefficient (Wildman–Crippen LogP) is 3.16. The zero-order valence-electron chi connectivity index (χ0n) is 15.0. The predicted molar refractivity (Wildman–Crippen MR) is 108 cm³/mol. The number of aromatic nitrogens is 2. The van der Waals surface area contributed by atoms with Gasteiger partial charge >= 0.3 is 0 Å². The van der Waals surface area contributed by atoms with Crippen molar-refractivity contribution < 1.29 is 9.59 Å². The summed E-state index contributed by atoms with van der Waals surface area (Å²) in [7, 11) is 0. The molecule has 2 aromatic carbocycles. The highest BCUT2D eigenvalue weighted by atomic mass is 35.5. The third-order valence-electron chi connectivity index (χ3n) is 3.79. The lowest BCUT2D eigenvalue weighted by atomic mass is 10.1. The van der Waals surface area contributed by atoms with E-state index in [1.54, 1.807) is 54.6 Å². The fraction of sp³-hybridized carbons (Fsp3) is 0.100. The lowest BCUT2D eigenvalue weighted by Crippen LogP contribution is -2.29. The van der Waals surface area contributed by atoms with E-state index in [0.717, 1.165) is 10.2 Å². The van der Waals surface area contributed by atoms with E-state index in [1.807, 2.05) is 0 Å². The molecule has 0 saturated carbocycles. The summed E-state index contributed by atoms with van der Waals surface area (Å²) in [5.41, 5.74) is 2.13. The van der Waals surface area contributed by atoms with E-state index in [9.17, 15) is 14.4 Å². The van der Waals surface area contributed by atoms with Crippen LogP contribution in [0.15, 0.2) is 65.5 Å². The average Bonchev–Trinajstić information content (AvgIpc) is 2.65. The number of amides is 2. The maximum absolute atomic E-state index is 12.3. The van der Waals surface area contributed by atoms with Crippen LogP contribution in [-0.2, 0) is 16.1 Å². The van der Waals surface area contributed by atoms with Gasteiger partial charge in [-0.2, -0.15) is 5.10 Å². The van der Waals surface area contributed by atoms with E-state index < -0.39 is 5.91 Å². The van der Waals surface area contributed by atoms with Crippen molar-refractivity contribution in [2.75, 3.05) is 10.6 Å². The Morgan fingerprint density at radius 1 is 0.929 bits per heavy atom. The summed E-state index contributed by atoms with van der Waals surface area (Å²) in [5, 5.41) is 10.2. The monoisotopic (exact) mass is 396 g/mol. The first-order valence-corrected chi connectivity index (χ1v) is 8.80. The van der Waals surface area contributed by atoms with Gasteiger partial charge in [-0.1, -0.05) is 23.7 Å². The van der Waals surface area contributed by atoms with Gasteiger partial charge in [-0.25, -0.2) is 4.68 Å². The second-order valence-electron chi connectivity index (χ2n) is 6.03. The number of benzene rings is 2. The van der Waals surface area contributed by atoms with Crippen LogP contribution in [0.4, 0.5) is 11.4 Å². The summed E-state index contributed by atoms with van der Waals surface area (Å²) in [6, 6.07) is 16.6. The van der Waals surface area contributed by atoms with Gasteiger partial charge in [-0.15, -0.1) is 0 Å². The molecule has 7 nitrogen and oxygen atoms in total. The molecule has 0 unspecified atom stereocenters. The Labute approximate surface area is 166 Å². The minimum Gasteiger partial charge on any atom is -0.326 e. The van der Waals surface area contributed by atoms with Gasteiger partial charge in [0.2, 0.25) is 11.8 Å². The summed E-state index contributed by atoms with van der Waals surface area (Å²) in [6.07, 6.45) is 0. The van der Waals surface area contributed by atoms with E-state index in [2.05, 4.69) is 15.7 Å². The molecule has 3 rings (SSSR count). The van der Waals surface area contributed by atoms with Crippen molar-refractivity contribution in [2.24, 2.45) is 0 Å². The number of nitrogens with one attached hydrogen (secondary N) is 2. The smallest absolute Gasteiger partial charge is 0.267 e. The van der Waals surface area contributed by atoms with Gasteiger partial charge in [0.25, 0.3) is 5.56 Å². The number of anilines is 2. The quantitative estimate of drug-likeness (QED) is 0.692. The molecule has 0 radical (unpaired) electrons. The van der Waals surface area contributed by atoms with Crippen LogP contribution >= 0.6 is 11.6 Å². The minimum absolute atomic E-state index is 0.178. The van der Waals surface area contributed by atoms with Crippen LogP contribution in [0, 0.1) is 0 Å². The highest BCUT2D eigenvalue weighted by Gasteiger charge is 2.09. The molecule has 2 amide bonds. The van der Waals surface area contributed by atoms with Crippen molar-refractivity contribution in [1.29, 1.82) is 0 Å². The van der Waals surface area contributed by atoms with Gasteiger partial charge in [-0.05, 0) is 42.5 Å². The third kappa shape index (κ3) is 5.05. The van der Waals surface area contributed by atoms with Gasteiger partial charge in [0.15, 0.2) is 0 Å². The molecule has 28 heavy (non-hydrogen) atoms. The van der Waals surface area contributed by atoms with Crippen LogP contribution in [0.3, 0.4) is 0 Å². The molecule has 0 aliphatic heterocycles. The SMILES string of the molecule is CC(=O)Nc1ccc(NC(=O)Cn2nc(-c3ccc(Cl)cc3)ccc2=O)cc1. The molecule has 0 atom stereocenters. The van der Waals surface area contributed by atoms with Crippen molar-refractivity contribution in [3.05, 3.63) is 76.0 Å². The molecule has 1 aromatic heterocycles. The van der Waals surface area contributed by atoms with Crippen LogP contribution in [0.25, 0.3) is 11.3 Å². The van der Waals surface area contributed by atoms with Crippen LogP contribution in [0.2, 0.25) is 5.02 Å². The molecule has 0 bridgehead atoms. The minimum atomic E-state index is -0.393. The highest BCUT2D eigenvalue weighted by Crippen LogP contribution is 2.18. The molecule has 2 N–H and O–H groups in total. The number of carbonyl (C=O) groups excluding carboxylic acids is 2. The molecule has 3 aromatic rings. The van der Waals surface area contributed by atoms with E-state index in [4.69, 9.17) is 11.6 Å². The molecule has 0 aliphatic rings.